The number of anilines is 3. The Kier molecular flexibility index (Phi) is 4.54. The van der Waals surface area contributed by atoms with Crippen LogP contribution in [0, 0.1) is 11.6 Å². The second-order valence-electron chi connectivity index (χ2n) is 6.37. The van der Waals surface area contributed by atoms with Crippen molar-refractivity contribution in [3.05, 3.63) is 83.7 Å². The van der Waals surface area contributed by atoms with Gasteiger partial charge >= 0.3 is 0 Å². The van der Waals surface area contributed by atoms with Crippen LogP contribution in [0.4, 0.5) is 25.8 Å². The maximum absolute atomic E-state index is 13.9. The molecule has 2 heterocycles. The van der Waals surface area contributed by atoms with Crippen LogP contribution in [0.1, 0.15) is 22.5 Å². The number of benzene rings is 2. The lowest BCUT2D eigenvalue weighted by Gasteiger charge is -2.29. The molecule has 2 aromatic carbocycles. The first kappa shape index (κ1) is 17.1. The van der Waals surface area contributed by atoms with Gasteiger partial charge in [0.05, 0.1) is 5.69 Å². The first-order valence-electron chi connectivity index (χ1n) is 8.70. The highest BCUT2D eigenvalue weighted by Gasteiger charge is 2.24. The van der Waals surface area contributed by atoms with Crippen LogP contribution < -0.4 is 10.2 Å². The first-order chi connectivity index (χ1) is 13.1. The summed E-state index contributed by atoms with van der Waals surface area (Å²) in [5.74, 6) is -1.55. The van der Waals surface area contributed by atoms with E-state index in [2.05, 4.69) is 10.3 Å². The van der Waals surface area contributed by atoms with E-state index in [1.165, 1.54) is 18.3 Å². The van der Waals surface area contributed by atoms with Gasteiger partial charge in [0.2, 0.25) is 0 Å². The predicted molar refractivity (Wildman–Crippen MR) is 100 cm³/mol. The molecule has 0 radical (unpaired) electrons. The Hall–Kier alpha value is -3.28. The third-order valence-electron chi connectivity index (χ3n) is 4.54. The zero-order valence-electron chi connectivity index (χ0n) is 14.5. The summed E-state index contributed by atoms with van der Waals surface area (Å²) in [4.78, 5) is 18.9. The van der Waals surface area contributed by atoms with E-state index in [0.717, 1.165) is 30.2 Å². The fraction of sp³-hybridized carbons (Fsp3) is 0.143. The molecule has 0 atom stereocenters. The van der Waals surface area contributed by atoms with E-state index in [4.69, 9.17) is 0 Å². The van der Waals surface area contributed by atoms with E-state index in [0.29, 0.717) is 12.2 Å². The Balaban J connectivity index is 1.60. The van der Waals surface area contributed by atoms with Gasteiger partial charge in [0.1, 0.15) is 17.3 Å². The van der Waals surface area contributed by atoms with Gasteiger partial charge in [0, 0.05) is 30.2 Å². The van der Waals surface area contributed by atoms with Crippen molar-refractivity contribution in [1.29, 1.82) is 0 Å². The number of halogens is 2. The summed E-state index contributed by atoms with van der Waals surface area (Å²) < 4.78 is 26.9. The van der Waals surface area contributed by atoms with Gasteiger partial charge in [-0.3, -0.25) is 9.78 Å². The summed E-state index contributed by atoms with van der Waals surface area (Å²) in [6.07, 6.45) is 3.33. The van der Waals surface area contributed by atoms with Gasteiger partial charge in [-0.05, 0) is 48.7 Å². The highest BCUT2D eigenvalue weighted by atomic mass is 19.1. The van der Waals surface area contributed by atoms with E-state index < -0.39 is 11.6 Å². The lowest BCUT2D eigenvalue weighted by molar-refractivity contribution is 0.0980. The van der Waals surface area contributed by atoms with Crippen LogP contribution in [0.3, 0.4) is 0 Å². The van der Waals surface area contributed by atoms with Gasteiger partial charge in [-0.15, -0.1) is 0 Å². The van der Waals surface area contributed by atoms with Crippen LogP contribution in [0.15, 0.2) is 60.8 Å². The normalized spacial score (nSPS) is 13.2. The number of hydrogen-bond acceptors (Lipinski definition) is 3. The van der Waals surface area contributed by atoms with Crippen LogP contribution in [-0.2, 0) is 6.42 Å². The van der Waals surface area contributed by atoms with Gasteiger partial charge in [0.15, 0.2) is 0 Å². The number of amides is 1. The highest BCUT2D eigenvalue weighted by Crippen LogP contribution is 2.28. The minimum Gasteiger partial charge on any atom is -0.353 e. The summed E-state index contributed by atoms with van der Waals surface area (Å²) >= 11 is 0. The van der Waals surface area contributed by atoms with Crippen molar-refractivity contribution in [3.8, 4) is 0 Å². The lowest BCUT2D eigenvalue weighted by atomic mass is 10.0. The van der Waals surface area contributed by atoms with E-state index >= 15 is 0 Å². The molecular weight excluding hydrogens is 348 g/mol. The molecule has 6 heteroatoms. The number of fused-ring (bicyclic) bond motifs is 1. The molecule has 1 amide bonds. The van der Waals surface area contributed by atoms with E-state index in [1.807, 2.05) is 24.3 Å². The van der Waals surface area contributed by atoms with Crippen molar-refractivity contribution in [2.24, 2.45) is 0 Å². The van der Waals surface area contributed by atoms with Crippen molar-refractivity contribution in [2.75, 3.05) is 16.8 Å². The molecule has 0 fully saturated rings. The van der Waals surface area contributed by atoms with Crippen molar-refractivity contribution < 1.29 is 13.6 Å². The Morgan fingerprint density at radius 1 is 1.07 bits per heavy atom. The molecule has 0 spiro atoms. The Morgan fingerprint density at radius 2 is 1.93 bits per heavy atom. The Bertz CT molecular complexity index is 1010. The molecule has 0 unspecified atom stereocenters. The van der Waals surface area contributed by atoms with Gasteiger partial charge in [0.25, 0.3) is 5.91 Å². The topological polar surface area (TPSA) is 45.2 Å². The maximum atomic E-state index is 13.9. The molecule has 4 nitrogen and oxygen atoms in total. The third-order valence-corrected chi connectivity index (χ3v) is 4.54. The summed E-state index contributed by atoms with van der Waals surface area (Å²) in [6, 6.07) is 14.3. The van der Waals surface area contributed by atoms with Crippen LogP contribution in [0.25, 0.3) is 0 Å². The quantitative estimate of drug-likeness (QED) is 0.732. The molecule has 0 saturated carbocycles. The van der Waals surface area contributed by atoms with Gasteiger partial charge < -0.3 is 10.2 Å². The Morgan fingerprint density at radius 3 is 2.78 bits per heavy atom. The van der Waals surface area contributed by atoms with Crippen molar-refractivity contribution in [2.45, 2.75) is 12.8 Å². The number of carbonyl (C=O) groups excluding carboxylic acids is 1. The van der Waals surface area contributed by atoms with Gasteiger partial charge in [-0.1, -0.05) is 18.2 Å². The van der Waals surface area contributed by atoms with E-state index in [9.17, 15) is 13.6 Å². The maximum Gasteiger partial charge on any atom is 0.276 e. The van der Waals surface area contributed by atoms with E-state index in [1.54, 1.807) is 17.0 Å². The van der Waals surface area contributed by atoms with Crippen LogP contribution >= 0.6 is 0 Å². The third kappa shape index (κ3) is 3.51. The number of nitrogens with one attached hydrogen (secondary N) is 1. The predicted octanol–water partition coefficient (Wildman–Crippen LogP) is 4.70. The first-order valence-corrected chi connectivity index (χ1v) is 8.70. The minimum absolute atomic E-state index is 0.129. The zero-order chi connectivity index (χ0) is 18.8. The SMILES string of the molecule is O=C(c1cc(Nc2ccc(F)cc2F)ccn1)N1CCCc2ccccc21. The number of pyridine rings is 1. The monoisotopic (exact) mass is 365 g/mol. The number of rotatable bonds is 3. The fourth-order valence-corrected chi connectivity index (χ4v) is 3.25. The molecule has 27 heavy (non-hydrogen) atoms. The molecule has 1 aliphatic heterocycles. The van der Waals surface area contributed by atoms with Gasteiger partial charge in [-0.2, -0.15) is 0 Å². The number of para-hydroxylation sites is 1. The second kappa shape index (κ2) is 7.15. The largest absolute Gasteiger partial charge is 0.353 e. The molecule has 3 aromatic rings. The molecule has 136 valence electrons. The Labute approximate surface area is 155 Å². The number of nitrogens with zero attached hydrogens (tertiary/aromatic N) is 2. The molecule has 1 aliphatic rings. The molecule has 1 N–H and O–H groups in total. The van der Waals surface area contributed by atoms with Crippen LogP contribution in [0.5, 0.6) is 0 Å². The zero-order valence-corrected chi connectivity index (χ0v) is 14.5. The smallest absolute Gasteiger partial charge is 0.276 e. The standard InChI is InChI=1S/C21H17F2N3O/c22-15-7-8-18(17(23)12-15)25-16-9-10-24-19(13-16)21(27)26-11-3-5-14-4-1-2-6-20(14)26/h1-2,4,6-10,12-13H,3,5,11H2,(H,24,25). The van der Waals surface area contributed by atoms with Crippen molar-refractivity contribution in [1.82, 2.24) is 4.98 Å². The van der Waals surface area contributed by atoms with Crippen LogP contribution in [0.2, 0.25) is 0 Å². The number of hydrogen-bond donors (Lipinski definition) is 1. The van der Waals surface area contributed by atoms with Crippen molar-refractivity contribution >= 4 is 23.0 Å². The molecule has 0 saturated heterocycles. The highest BCUT2D eigenvalue weighted by molar-refractivity contribution is 6.06. The van der Waals surface area contributed by atoms with Crippen molar-refractivity contribution in [3.63, 3.8) is 0 Å². The average Bonchev–Trinajstić information content (AvgIpc) is 2.69. The minimum atomic E-state index is -0.704. The number of aryl methyl sites for hydroxylation is 1. The summed E-state index contributed by atoms with van der Waals surface area (Å²) in [6.45, 7) is 0.627. The molecule has 0 bridgehead atoms. The average molecular weight is 365 g/mol. The number of carbonyl (C=O) groups is 1. The number of aromatic nitrogens is 1. The molecular formula is C21H17F2N3O. The summed E-state index contributed by atoms with van der Waals surface area (Å²) in [7, 11) is 0. The molecule has 4 rings (SSSR count). The fourth-order valence-electron chi connectivity index (χ4n) is 3.25. The molecule has 1 aromatic heterocycles. The second-order valence-corrected chi connectivity index (χ2v) is 6.37. The summed E-state index contributed by atoms with van der Waals surface area (Å²) in [5, 5.41) is 2.86. The van der Waals surface area contributed by atoms with E-state index in [-0.39, 0.29) is 17.3 Å². The summed E-state index contributed by atoms with van der Waals surface area (Å²) in [5.41, 5.74) is 2.94. The van der Waals surface area contributed by atoms with Gasteiger partial charge in [-0.25, -0.2) is 8.78 Å². The lowest BCUT2D eigenvalue weighted by Crippen LogP contribution is -2.35. The molecule has 0 aliphatic carbocycles. The van der Waals surface area contributed by atoms with Crippen LogP contribution in [-0.4, -0.2) is 17.4 Å².